The van der Waals surface area contributed by atoms with Gasteiger partial charge in [-0.15, -0.1) is 53.1 Å². The van der Waals surface area contributed by atoms with E-state index in [-0.39, 0.29) is 56.1 Å². The molecule has 0 aromatic heterocycles. The molecule has 28 heavy (non-hydrogen) atoms. The van der Waals surface area contributed by atoms with E-state index in [1.165, 1.54) is 21.9 Å². The maximum Gasteiger partial charge on any atom is 0 e. The molecule has 1 aliphatic rings. The normalized spacial score (nSPS) is 12.2. The van der Waals surface area contributed by atoms with Gasteiger partial charge in [-0.05, 0) is 0 Å². The Bertz CT molecular complexity index is 710. The predicted molar refractivity (Wildman–Crippen MR) is 114 cm³/mol. The first-order valence-corrected chi connectivity index (χ1v) is 9.27. The van der Waals surface area contributed by atoms with E-state index in [0.717, 1.165) is 6.42 Å². The molecule has 0 heterocycles. The zero-order valence-electron chi connectivity index (χ0n) is 18.7. The fraction of sp³-hybridized carbons (Fsp3) is 0.440. The molecule has 0 N–H and O–H groups in total. The van der Waals surface area contributed by atoms with E-state index in [4.69, 9.17) is 0 Å². The molecule has 0 saturated carbocycles. The SMILES string of the molecule is CC(C)(C)C1=CC[C-]=C1.CC(C)(C)c1c[cH-]c2ccccc12.C[CH-]C.[Cl-].[Cl-].[Hf]. The topological polar surface area (TPSA) is 0 Å². The molecule has 0 fully saturated rings. The minimum absolute atomic E-state index is 0. The minimum Gasteiger partial charge on any atom is -1.00 e. The van der Waals surface area contributed by atoms with Gasteiger partial charge in [-0.3, -0.25) is 6.08 Å². The molecule has 2 aromatic carbocycles. The monoisotopic (exact) mass is 585 g/mol. The summed E-state index contributed by atoms with van der Waals surface area (Å²) in [4.78, 5) is 0. The third-order valence-corrected chi connectivity index (χ3v) is 4.05. The second-order valence-corrected chi connectivity index (χ2v) is 8.62. The molecule has 0 saturated heterocycles. The third-order valence-electron chi connectivity index (χ3n) is 4.05. The molecule has 0 amide bonds. The van der Waals surface area contributed by atoms with Crippen LogP contribution in [0.3, 0.4) is 0 Å². The van der Waals surface area contributed by atoms with Gasteiger partial charge < -0.3 is 31.2 Å². The van der Waals surface area contributed by atoms with Crippen molar-refractivity contribution in [2.24, 2.45) is 5.41 Å². The molecule has 0 unspecified atom stereocenters. The zero-order valence-corrected chi connectivity index (χ0v) is 23.8. The van der Waals surface area contributed by atoms with Gasteiger partial charge in [0, 0.05) is 25.8 Å². The Kier molecular flexibility index (Phi) is 17.0. The second kappa shape index (κ2) is 14.7. The number of hydrogen-bond acceptors (Lipinski definition) is 0. The minimum atomic E-state index is 0. The van der Waals surface area contributed by atoms with Crippen LogP contribution in [0.5, 0.6) is 0 Å². The van der Waals surface area contributed by atoms with Gasteiger partial charge in [0.1, 0.15) is 0 Å². The van der Waals surface area contributed by atoms with Gasteiger partial charge in [-0.25, -0.2) is 6.08 Å². The molecule has 158 valence electrons. The maximum atomic E-state index is 3.16. The van der Waals surface area contributed by atoms with Crippen molar-refractivity contribution in [2.75, 3.05) is 0 Å². The summed E-state index contributed by atoms with van der Waals surface area (Å²) < 4.78 is 0. The fourth-order valence-corrected chi connectivity index (χ4v) is 2.72. The third kappa shape index (κ3) is 10.5. The van der Waals surface area contributed by atoms with Crippen LogP contribution in [0.2, 0.25) is 0 Å². The summed E-state index contributed by atoms with van der Waals surface area (Å²) in [6.07, 6.45) is 10.5. The van der Waals surface area contributed by atoms with Crippen LogP contribution in [0.15, 0.2) is 54.1 Å². The van der Waals surface area contributed by atoms with E-state index in [0.29, 0.717) is 5.41 Å². The van der Waals surface area contributed by atoms with Gasteiger partial charge >= 0.3 is 0 Å². The number of rotatable bonds is 0. The Labute approximate surface area is 205 Å². The van der Waals surface area contributed by atoms with E-state index < -0.39 is 0 Å². The number of benzene rings is 1. The molecule has 0 atom stereocenters. The predicted octanol–water partition coefficient (Wildman–Crippen LogP) is 1.81. The first-order valence-electron chi connectivity index (χ1n) is 9.27. The molecule has 0 radical (unpaired) electrons. The molecule has 0 spiro atoms. The van der Waals surface area contributed by atoms with Crippen LogP contribution in [0, 0.1) is 17.9 Å². The number of halogens is 2. The van der Waals surface area contributed by atoms with Crippen molar-refractivity contribution in [3.63, 3.8) is 0 Å². The zero-order chi connectivity index (χ0) is 19.1. The van der Waals surface area contributed by atoms with Crippen LogP contribution in [0.4, 0.5) is 0 Å². The van der Waals surface area contributed by atoms with Gasteiger partial charge in [0.2, 0.25) is 0 Å². The van der Waals surface area contributed by atoms with Gasteiger partial charge in [-0.1, -0.05) is 58.4 Å². The molecular weight excluding hydrogens is 550 g/mol. The first kappa shape index (κ1) is 32.4. The Morgan fingerprint density at radius 3 is 1.86 bits per heavy atom. The van der Waals surface area contributed by atoms with Crippen molar-refractivity contribution in [1.29, 1.82) is 0 Å². The van der Waals surface area contributed by atoms with Gasteiger partial charge in [0.05, 0.1) is 0 Å². The summed E-state index contributed by atoms with van der Waals surface area (Å²) in [6, 6.07) is 13.0. The maximum absolute atomic E-state index is 3.16. The van der Waals surface area contributed by atoms with E-state index in [9.17, 15) is 0 Å². The molecule has 3 rings (SSSR count). The van der Waals surface area contributed by atoms with Crippen LogP contribution >= 0.6 is 0 Å². The summed E-state index contributed by atoms with van der Waals surface area (Å²) >= 11 is 0. The molecule has 0 nitrogen and oxygen atoms in total. The number of allylic oxidation sites excluding steroid dienone is 4. The first-order chi connectivity index (χ1) is 11.6. The molecular formula is C25H35Cl2Hf-5. The average Bonchev–Trinajstić information content (AvgIpc) is 3.17. The fourth-order valence-electron chi connectivity index (χ4n) is 2.72. The summed E-state index contributed by atoms with van der Waals surface area (Å²) in [5, 5.41) is 2.75. The Morgan fingerprint density at radius 1 is 0.929 bits per heavy atom. The van der Waals surface area contributed by atoms with Gasteiger partial charge in [-0.2, -0.15) is 25.5 Å². The smallest absolute Gasteiger partial charge is 0 e. The van der Waals surface area contributed by atoms with Crippen LogP contribution in [-0.2, 0) is 31.3 Å². The van der Waals surface area contributed by atoms with E-state index in [1.807, 2.05) is 20.3 Å². The standard InChI is InChI=1S/C13H15.C9H13.C3H7.2ClH.Hf/c1-13(2,3)12-9-8-10-6-4-5-7-11(10)12;1-9(2,3)8-6-4-5-7-8;1-3-2;;;/h4-9H,1-3H3;6-7H,4H2,1-3H3;3H,1-2H3;2*1H;/q3*-1;;;/p-2. The van der Waals surface area contributed by atoms with E-state index in [2.05, 4.69) is 96.2 Å². The van der Waals surface area contributed by atoms with Crippen molar-refractivity contribution < 1.29 is 50.7 Å². The van der Waals surface area contributed by atoms with E-state index in [1.54, 1.807) is 0 Å². The largest absolute Gasteiger partial charge is 1.00 e. The van der Waals surface area contributed by atoms with Crippen molar-refractivity contribution in [3.05, 3.63) is 72.2 Å². The summed E-state index contributed by atoms with van der Waals surface area (Å²) in [5.74, 6) is 0. The van der Waals surface area contributed by atoms with Crippen LogP contribution in [0.25, 0.3) is 10.8 Å². The van der Waals surface area contributed by atoms with Crippen molar-refractivity contribution >= 4 is 10.8 Å². The van der Waals surface area contributed by atoms with Gasteiger partial charge in [0.25, 0.3) is 0 Å². The second-order valence-electron chi connectivity index (χ2n) is 8.62. The van der Waals surface area contributed by atoms with Crippen LogP contribution in [-0.4, -0.2) is 0 Å². The Hall–Kier alpha value is -0.240. The van der Waals surface area contributed by atoms with Crippen molar-refractivity contribution in [2.45, 2.75) is 67.2 Å². The van der Waals surface area contributed by atoms with Crippen LogP contribution in [0.1, 0.15) is 67.4 Å². The molecule has 0 bridgehead atoms. The molecule has 3 heteroatoms. The Balaban J connectivity index is -0.000000372. The Morgan fingerprint density at radius 2 is 1.46 bits per heavy atom. The quantitative estimate of drug-likeness (QED) is 0.328. The number of fused-ring (bicyclic) bond motifs is 1. The van der Waals surface area contributed by atoms with Crippen molar-refractivity contribution in [3.8, 4) is 0 Å². The number of hydrogen-bond donors (Lipinski definition) is 0. The van der Waals surface area contributed by atoms with E-state index >= 15 is 0 Å². The summed E-state index contributed by atoms with van der Waals surface area (Å²) in [6.45, 7) is 17.4. The molecule has 2 aromatic rings. The van der Waals surface area contributed by atoms with Crippen molar-refractivity contribution in [1.82, 2.24) is 0 Å². The summed E-state index contributed by atoms with van der Waals surface area (Å²) in [7, 11) is 0. The average molecular weight is 585 g/mol. The van der Waals surface area contributed by atoms with Crippen LogP contribution < -0.4 is 24.8 Å². The molecule has 0 aliphatic heterocycles. The summed E-state index contributed by atoms with van der Waals surface area (Å²) in [5.41, 5.74) is 3.44. The van der Waals surface area contributed by atoms with Gasteiger partial charge in [0.15, 0.2) is 0 Å². The molecule has 1 aliphatic carbocycles.